The number of aliphatic carboxylic acids is 1. The van der Waals surface area contributed by atoms with Crippen LogP contribution in [0.3, 0.4) is 0 Å². The van der Waals surface area contributed by atoms with Crippen LogP contribution in [0.1, 0.15) is 32.1 Å². The number of ether oxygens (including phenoxy) is 1. The fourth-order valence-corrected chi connectivity index (χ4v) is 1.82. The van der Waals surface area contributed by atoms with Gasteiger partial charge in [0.25, 0.3) is 0 Å². The van der Waals surface area contributed by atoms with Crippen molar-refractivity contribution in [1.29, 1.82) is 0 Å². The molecule has 0 aromatic rings. The summed E-state index contributed by atoms with van der Waals surface area (Å²) in [5.41, 5.74) is 0.202. The molecular formula is C9H16O3. The summed E-state index contributed by atoms with van der Waals surface area (Å²) in [6, 6.07) is 0. The lowest BCUT2D eigenvalue weighted by Crippen LogP contribution is -2.34. The number of carbonyl (C=O) groups is 1. The molecule has 0 atom stereocenters. The molecule has 0 bridgehead atoms. The van der Waals surface area contributed by atoms with Gasteiger partial charge >= 0.3 is 5.97 Å². The van der Waals surface area contributed by atoms with Crippen LogP contribution in [0.4, 0.5) is 0 Å². The average Bonchev–Trinajstić information content (AvgIpc) is 1.94. The van der Waals surface area contributed by atoms with Crippen molar-refractivity contribution in [3.63, 3.8) is 0 Å². The molecule has 0 aromatic carbocycles. The molecule has 1 fully saturated rings. The van der Waals surface area contributed by atoms with Crippen molar-refractivity contribution in [2.24, 2.45) is 5.41 Å². The minimum absolute atomic E-state index is 0.202. The standard InChI is InChI=1S/C9H16O3/c1-12-7-9(4-2-5-9)6-3-8(10)11/h2-7H2,1H3,(H,10,11). The molecule has 0 amide bonds. The number of carboxylic acids is 1. The van der Waals surface area contributed by atoms with E-state index in [2.05, 4.69) is 0 Å². The van der Waals surface area contributed by atoms with Crippen LogP contribution >= 0.6 is 0 Å². The van der Waals surface area contributed by atoms with Gasteiger partial charge < -0.3 is 9.84 Å². The number of rotatable bonds is 5. The molecule has 70 valence electrons. The van der Waals surface area contributed by atoms with E-state index in [1.807, 2.05) is 0 Å². The van der Waals surface area contributed by atoms with Crippen molar-refractivity contribution in [2.45, 2.75) is 32.1 Å². The van der Waals surface area contributed by atoms with E-state index in [1.165, 1.54) is 6.42 Å². The lowest BCUT2D eigenvalue weighted by atomic mass is 9.66. The van der Waals surface area contributed by atoms with Gasteiger partial charge in [-0.15, -0.1) is 0 Å². The van der Waals surface area contributed by atoms with Gasteiger partial charge in [-0.05, 0) is 24.7 Å². The van der Waals surface area contributed by atoms with E-state index in [0.29, 0.717) is 0 Å². The van der Waals surface area contributed by atoms with Gasteiger partial charge in [0.2, 0.25) is 0 Å². The number of methoxy groups -OCH3 is 1. The molecule has 1 saturated carbocycles. The van der Waals surface area contributed by atoms with Crippen molar-refractivity contribution in [1.82, 2.24) is 0 Å². The van der Waals surface area contributed by atoms with E-state index in [4.69, 9.17) is 9.84 Å². The first-order valence-corrected chi connectivity index (χ1v) is 4.39. The molecule has 3 nitrogen and oxygen atoms in total. The highest BCUT2D eigenvalue weighted by Crippen LogP contribution is 2.44. The largest absolute Gasteiger partial charge is 0.481 e. The Hall–Kier alpha value is -0.570. The maximum Gasteiger partial charge on any atom is 0.303 e. The van der Waals surface area contributed by atoms with Crippen molar-refractivity contribution >= 4 is 5.97 Å². The van der Waals surface area contributed by atoms with Gasteiger partial charge in [0.05, 0.1) is 6.61 Å². The van der Waals surface area contributed by atoms with Crippen LogP contribution in [-0.2, 0) is 9.53 Å². The molecule has 3 heteroatoms. The minimum Gasteiger partial charge on any atom is -0.481 e. The van der Waals surface area contributed by atoms with Gasteiger partial charge in [-0.25, -0.2) is 0 Å². The molecule has 1 rings (SSSR count). The Morgan fingerprint density at radius 3 is 2.58 bits per heavy atom. The third kappa shape index (κ3) is 2.21. The summed E-state index contributed by atoms with van der Waals surface area (Å²) in [6.45, 7) is 0.722. The first-order chi connectivity index (χ1) is 5.68. The average molecular weight is 172 g/mol. The van der Waals surface area contributed by atoms with Crippen molar-refractivity contribution < 1.29 is 14.6 Å². The number of hydrogen-bond acceptors (Lipinski definition) is 2. The zero-order valence-electron chi connectivity index (χ0n) is 7.51. The second-order valence-corrected chi connectivity index (χ2v) is 3.68. The van der Waals surface area contributed by atoms with E-state index >= 15 is 0 Å². The molecule has 0 spiro atoms. The molecule has 0 saturated heterocycles. The summed E-state index contributed by atoms with van der Waals surface area (Å²) in [5.74, 6) is -0.697. The van der Waals surface area contributed by atoms with Gasteiger partial charge in [0, 0.05) is 13.5 Å². The van der Waals surface area contributed by atoms with Gasteiger partial charge in [0.15, 0.2) is 0 Å². The van der Waals surface area contributed by atoms with Gasteiger partial charge in [0.1, 0.15) is 0 Å². The predicted octanol–water partition coefficient (Wildman–Crippen LogP) is 1.67. The van der Waals surface area contributed by atoms with E-state index in [1.54, 1.807) is 7.11 Å². The minimum atomic E-state index is -0.697. The van der Waals surface area contributed by atoms with Crippen LogP contribution < -0.4 is 0 Å². The third-order valence-electron chi connectivity index (χ3n) is 2.73. The molecule has 0 unspecified atom stereocenters. The summed E-state index contributed by atoms with van der Waals surface area (Å²) in [6.07, 6.45) is 4.55. The first kappa shape index (κ1) is 9.52. The molecular weight excluding hydrogens is 156 g/mol. The Morgan fingerprint density at radius 2 is 2.25 bits per heavy atom. The Morgan fingerprint density at radius 1 is 1.58 bits per heavy atom. The van der Waals surface area contributed by atoms with Crippen LogP contribution in [0.2, 0.25) is 0 Å². The molecule has 1 aliphatic carbocycles. The Labute approximate surface area is 72.7 Å². The second-order valence-electron chi connectivity index (χ2n) is 3.68. The highest BCUT2D eigenvalue weighted by atomic mass is 16.5. The zero-order chi connectivity index (χ0) is 9.03. The van der Waals surface area contributed by atoms with Crippen LogP contribution in [0.15, 0.2) is 0 Å². The first-order valence-electron chi connectivity index (χ1n) is 4.39. The maximum absolute atomic E-state index is 10.3. The Balaban J connectivity index is 2.29. The number of carboxylic acid groups (broad SMARTS) is 1. The lowest BCUT2D eigenvalue weighted by Gasteiger charge is -2.41. The monoisotopic (exact) mass is 172 g/mol. The maximum atomic E-state index is 10.3. The van der Waals surface area contributed by atoms with Crippen molar-refractivity contribution in [3.8, 4) is 0 Å². The molecule has 1 aliphatic rings. The van der Waals surface area contributed by atoms with Crippen LogP contribution in [0.25, 0.3) is 0 Å². The van der Waals surface area contributed by atoms with Gasteiger partial charge in [-0.2, -0.15) is 0 Å². The molecule has 1 N–H and O–H groups in total. The quantitative estimate of drug-likeness (QED) is 0.686. The van der Waals surface area contributed by atoms with Crippen LogP contribution in [0, 0.1) is 5.41 Å². The number of hydrogen-bond donors (Lipinski definition) is 1. The summed E-state index contributed by atoms with van der Waals surface area (Å²) in [5, 5.41) is 8.52. The fourth-order valence-electron chi connectivity index (χ4n) is 1.82. The van der Waals surface area contributed by atoms with E-state index in [0.717, 1.165) is 25.9 Å². The van der Waals surface area contributed by atoms with E-state index < -0.39 is 5.97 Å². The highest BCUT2D eigenvalue weighted by molar-refractivity contribution is 5.66. The molecule has 0 aliphatic heterocycles. The van der Waals surface area contributed by atoms with E-state index in [-0.39, 0.29) is 11.8 Å². The Kier molecular flexibility index (Phi) is 3.09. The normalized spacial score (nSPS) is 20.1. The SMILES string of the molecule is COCC1(CCC(=O)O)CCC1. The highest BCUT2D eigenvalue weighted by Gasteiger charge is 2.36. The molecule has 0 heterocycles. The summed E-state index contributed by atoms with van der Waals surface area (Å²) >= 11 is 0. The van der Waals surface area contributed by atoms with Crippen LogP contribution in [-0.4, -0.2) is 24.8 Å². The summed E-state index contributed by atoms with van der Waals surface area (Å²) < 4.78 is 5.09. The topological polar surface area (TPSA) is 46.5 Å². The third-order valence-corrected chi connectivity index (χ3v) is 2.73. The Bertz CT molecular complexity index is 161. The smallest absolute Gasteiger partial charge is 0.303 e. The van der Waals surface area contributed by atoms with Crippen molar-refractivity contribution in [3.05, 3.63) is 0 Å². The van der Waals surface area contributed by atoms with E-state index in [9.17, 15) is 4.79 Å². The van der Waals surface area contributed by atoms with Gasteiger partial charge in [-0.3, -0.25) is 4.79 Å². The fraction of sp³-hybridized carbons (Fsp3) is 0.889. The molecule has 12 heavy (non-hydrogen) atoms. The van der Waals surface area contributed by atoms with Gasteiger partial charge in [-0.1, -0.05) is 6.42 Å². The van der Waals surface area contributed by atoms with Crippen LogP contribution in [0.5, 0.6) is 0 Å². The predicted molar refractivity (Wildman–Crippen MR) is 45.0 cm³/mol. The molecule has 0 aromatic heterocycles. The second kappa shape index (κ2) is 3.90. The zero-order valence-corrected chi connectivity index (χ0v) is 7.51. The summed E-state index contributed by atoms with van der Waals surface area (Å²) in [4.78, 5) is 10.3. The summed E-state index contributed by atoms with van der Waals surface area (Å²) in [7, 11) is 1.68. The molecule has 0 radical (unpaired) electrons. The lowest BCUT2D eigenvalue weighted by molar-refractivity contribution is -0.138. The van der Waals surface area contributed by atoms with Crippen molar-refractivity contribution in [2.75, 3.05) is 13.7 Å².